The summed E-state index contributed by atoms with van der Waals surface area (Å²) >= 11 is 10.5. The number of benzene rings is 2. The van der Waals surface area contributed by atoms with Crippen molar-refractivity contribution in [1.82, 2.24) is 0 Å². The van der Waals surface area contributed by atoms with Crippen molar-refractivity contribution in [2.75, 3.05) is 0 Å². The first-order valence-corrected chi connectivity index (χ1v) is 7.18. The normalized spacial score (nSPS) is 11.4. The first kappa shape index (κ1) is 12.3. The largest absolute Gasteiger partial charge is 0.159 e. The van der Waals surface area contributed by atoms with Gasteiger partial charge in [0.25, 0.3) is 0 Å². The highest BCUT2D eigenvalue weighted by Crippen LogP contribution is 2.44. The van der Waals surface area contributed by atoms with E-state index < -0.39 is 0 Å². The Bertz CT molecular complexity index is 455. The molecule has 0 nitrogen and oxygen atoms in total. The van der Waals surface area contributed by atoms with E-state index in [0.29, 0.717) is 0 Å². The summed E-state index contributed by atoms with van der Waals surface area (Å²) in [6, 6.07) is 18.7. The Morgan fingerprint density at radius 3 is 1.62 bits per heavy atom. The van der Waals surface area contributed by atoms with E-state index in [4.69, 9.17) is 0 Å². The number of hydrogen-bond donors (Lipinski definition) is 0. The number of halogens is 3. The Morgan fingerprint density at radius 1 is 0.625 bits per heavy atom. The Kier molecular flexibility index (Phi) is 3.88. The van der Waals surface area contributed by atoms with Crippen molar-refractivity contribution in [2.24, 2.45) is 0 Å². The van der Waals surface area contributed by atoms with Crippen molar-refractivity contribution in [3.8, 4) is 11.1 Å². The van der Waals surface area contributed by atoms with Gasteiger partial charge in [0, 0.05) is 0 Å². The molecule has 0 aliphatic heterocycles. The zero-order valence-electron chi connectivity index (χ0n) is 8.33. The van der Waals surface area contributed by atoms with Gasteiger partial charge in [0.1, 0.15) is 0 Å². The summed E-state index contributed by atoms with van der Waals surface area (Å²) in [7, 11) is 0. The lowest BCUT2D eigenvalue weighted by molar-refractivity contribution is 1.37. The Labute approximate surface area is 120 Å². The zero-order valence-corrected chi connectivity index (χ0v) is 13.1. The Morgan fingerprint density at radius 2 is 1.12 bits per heavy atom. The van der Waals surface area contributed by atoms with Crippen LogP contribution in [-0.2, 0) is 2.14 Å². The summed E-state index contributed by atoms with van der Waals surface area (Å²) in [6.07, 6.45) is 0. The molecule has 0 saturated heterocycles. The monoisotopic (exact) mass is 402 g/mol. The average Bonchev–Trinajstić information content (AvgIpc) is 2.29. The van der Waals surface area contributed by atoms with Crippen molar-refractivity contribution in [1.29, 1.82) is 0 Å². The van der Waals surface area contributed by atoms with Crippen LogP contribution < -0.4 is 0 Å². The smallest absolute Gasteiger partial charge is 0.0622 e. The van der Waals surface area contributed by atoms with Gasteiger partial charge in [-0.2, -0.15) is 0 Å². The molecule has 0 amide bonds. The van der Waals surface area contributed by atoms with Crippen LogP contribution >= 0.6 is 47.8 Å². The molecule has 0 unspecified atom stereocenters. The van der Waals surface area contributed by atoms with E-state index in [2.05, 4.69) is 84.2 Å². The van der Waals surface area contributed by atoms with Crippen molar-refractivity contribution in [3.63, 3.8) is 0 Å². The fourth-order valence-electron chi connectivity index (χ4n) is 1.48. The maximum atomic E-state index is 3.50. The molecule has 0 bridgehead atoms. The maximum absolute atomic E-state index is 3.50. The summed E-state index contributed by atoms with van der Waals surface area (Å²) in [6.45, 7) is 0. The van der Waals surface area contributed by atoms with E-state index in [0.717, 1.165) is 5.56 Å². The summed E-state index contributed by atoms with van der Waals surface area (Å²) < 4.78 is -0.331. The van der Waals surface area contributed by atoms with Crippen LogP contribution in [0.5, 0.6) is 0 Å². The minimum Gasteiger partial charge on any atom is -0.0622 e. The second-order valence-corrected chi connectivity index (χ2v) is 10.2. The third-order valence-corrected chi connectivity index (χ3v) is 3.69. The predicted molar refractivity (Wildman–Crippen MR) is 80.3 cm³/mol. The van der Waals surface area contributed by atoms with E-state index in [-0.39, 0.29) is 2.14 Å². The molecule has 0 spiro atoms. The fraction of sp³-hybridized carbons (Fsp3) is 0.0769. The van der Waals surface area contributed by atoms with Gasteiger partial charge in [0.2, 0.25) is 0 Å². The van der Waals surface area contributed by atoms with Gasteiger partial charge in [-0.1, -0.05) is 102 Å². The van der Waals surface area contributed by atoms with E-state index in [9.17, 15) is 0 Å². The molecular weight excluding hydrogens is 396 g/mol. The molecule has 2 rings (SSSR count). The highest BCUT2D eigenvalue weighted by molar-refractivity contribution is 9.38. The molecule has 3 heteroatoms. The molecule has 0 atom stereocenters. The second kappa shape index (κ2) is 5.03. The molecule has 2 aromatic carbocycles. The molecule has 0 saturated carbocycles. The lowest BCUT2D eigenvalue weighted by Crippen LogP contribution is -1.96. The SMILES string of the molecule is BrC(Br)(Br)c1ccc(-c2ccccc2)cc1. The van der Waals surface area contributed by atoms with E-state index in [1.54, 1.807) is 0 Å². The summed E-state index contributed by atoms with van der Waals surface area (Å²) in [5, 5.41) is 0. The third-order valence-electron chi connectivity index (χ3n) is 2.32. The molecule has 0 aliphatic rings. The van der Waals surface area contributed by atoms with Gasteiger partial charge in [-0.3, -0.25) is 0 Å². The van der Waals surface area contributed by atoms with Crippen LogP contribution in [0.4, 0.5) is 0 Å². The average molecular weight is 405 g/mol. The van der Waals surface area contributed by atoms with Gasteiger partial charge in [0.15, 0.2) is 2.14 Å². The molecule has 2 aromatic rings. The van der Waals surface area contributed by atoms with E-state index >= 15 is 0 Å². The molecular formula is C13H9Br3. The van der Waals surface area contributed by atoms with Crippen molar-refractivity contribution < 1.29 is 0 Å². The highest BCUT2D eigenvalue weighted by atomic mass is 80.0. The van der Waals surface area contributed by atoms with Gasteiger partial charge < -0.3 is 0 Å². The number of alkyl halides is 3. The van der Waals surface area contributed by atoms with Gasteiger partial charge in [-0.25, -0.2) is 0 Å². The van der Waals surface area contributed by atoms with E-state index in [1.807, 2.05) is 18.2 Å². The highest BCUT2D eigenvalue weighted by Gasteiger charge is 2.20. The minimum atomic E-state index is -0.331. The Hall–Kier alpha value is -0.120. The minimum absolute atomic E-state index is 0.331. The summed E-state index contributed by atoms with van der Waals surface area (Å²) in [4.78, 5) is 0. The molecule has 0 aliphatic carbocycles. The molecule has 0 N–H and O–H groups in total. The quantitative estimate of drug-likeness (QED) is 0.539. The Balaban J connectivity index is 2.34. The molecule has 0 fully saturated rings. The van der Waals surface area contributed by atoms with Crippen LogP contribution in [0.2, 0.25) is 0 Å². The number of hydrogen-bond acceptors (Lipinski definition) is 0. The lowest BCUT2D eigenvalue weighted by atomic mass is 10.0. The summed E-state index contributed by atoms with van der Waals surface area (Å²) in [5.41, 5.74) is 3.59. The zero-order chi connectivity index (χ0) is 11.6. The first-order valence-electron chi connectivity index (χ1n) is 4.80. The van der Waals surface area contributed by atoms with E-state index in [1.165, 1.54) is 11.1 Å². The molecule has 82 valence electrons. The van der Waals surface area contributed by atoms with Crippen LogP contribution in [0, 0.1) is 0 Å². The predicted octanol–water partition coefficient (Wildman–Crippen LogP) is 5.65. The molecule has 0 radical (unpaired) electrons. The topological polar surface area (TPSA) is 0 Å². The summed E-state index contributed by atoms with van der Waals surface area (Å²) in [5.74, 6) is 0. The standard InChI is InChI=1S/C13H9Br3/c14-13(15,16)12-8-6-11(7-9-12)10-4-2-1-3-5-10/h1-9H. The number of rotatable bonds is 1. The van der Waals surface area contributed by atoms with Crippen LogP contribution in [-0.4, -0.2) is 0 Å². The van der Waals surface area contributed by atoms with Crippen molar-refractivity contribution >= 4 is 47.8 Å². The maximum Gasteiger partial charge on any atom is 0.159 e. The van der Waals surface area contributed by atoms with Gasteiger partial charge in [-0.15, -0.1) is 0 Å². The first-order chi connectivity index (χ1) is 7.57. The van der Waals surface area contributed by atoms with Crippen LogP contribution in [0.15, 0.2) is 54.6 Å². The van der Waals surface area contributed by atoms with Crippen molar-refractivity contribution in [3.05, 3.63) is 60.2 Å². The molecule has 0 heterocycles. The van der Waals surface area contributed by atoms with Gasteiger partial charge >= 0.3 is 0 Å². The fourth-order valence-corrected chi connectivity index (χ4v) is 2.28. The second-order valence-electron chi connectivity index (χ2n) is 3.44. The van der Waals surface area contributed by atoms with Crippen LogP contribution in [0.1, 0.15) is 5.56 Å². The van der Waals surface area contributed by atoms with Gasteiger partial charge in [0.05, 0.1) is 0 Å². The van der Waals surface area contributed by atoms with Crippen molar-refractivity contribution in [2.45, 2.75) is 2.14 Å². The lowest BCUT2D eigenvalue weighted by Gasteiger charge is -2.12. The van der Waals surface area contributed by atoms with Gasteiger partial charge in [-0.05, 0) is 16.7 Å². The molecule has 0 aromatic heterocycles. The van der Waals surface area contributed by atoms with Crippen LogP contribution in [0.3, 0.4) is 0 Å². The third kappa shape index (κ3) is 2.96. The molecule has 16 heavy (non-hydrogen) atoms. The van der Waals surface area contributed by atoms with Crippen LogP contribution in [0.25, 0.3) is 11.1 Å².